The fraction of sp³-hybridized carbons (Fsp3) is 1.00. The van der Waals surface area contributed by atoms with Crippen LogP contribution >= 0.6 is 11.6 Å². The normalized spacial score (nSPS) is 15.3. The molecule has 0 saturated carbocycles. The van der Waals surface area contributed by atoms with Crippen LogP contribution in [0.15, 0.2) is 0 Å². The van der Waals surface area contributed by atoms with Gasteiger partial charge < -0.3 is 0 Å². The van der Waals surface area contributed by atoms with E-state index in [0.29, 0.717) is 10.8 Å². The van der Waals surface area contributed by atoms with Gasteiger partial charge in [0.25, 0.3) is 0 Å². The average molecular weight is 163 g/mol. The number of hydrogen-bond donors (Lipinski definition) is 0. The SMILES string of the molecule is CCCC(C)(C)CC(C)Cl. The van der Waals surface area contributed by atoms with Gasteiger partial charge in [0.05, 0.1) is 0 Å². The smallest absolute Gasteiger partial charge is 0.0312 e. The Bertz CT molecular complexity index is 84.7. The summed E-state index contributed by atoms with van der Waals surface area (Å²) in [7, 11) is 0. The summed E-state index contributed by atoms with van der Waals surface area (Å²) in [6.07, 6.45) is 3.67. The molecular weight excluding hydrogens is 144 g/mol. The van der Waals surface area contributed by atoms with E-state index in [9.17, 15) is 0 Å². The van der Waals surface area contributed by atoms with Crippen LogP contribution in [0.1, 0.15) is 47.0 Å². The molecule has 0 aliphatic carbocycles. The van der Waals surface area contributed by atoms with Crippen LogP contribution < -0.4 is 0 Å². The Balaban J connectivity index is 3.63. The van der Waals surface area contributed by atoms with Gasteiger partial charge in [-0.3, -0.25) is 0 Å². The van der Waals surface area contributed by atoms with E-state index >= 15 is 0 Å². The van der Waals surface area contributed by atoms with Gasteiger partial charge in [0.15, 0.2) is 0 Å². The Morgan fingerprint density at radius 1 is 1.40 bits per heavy atom. The fourth-order valence-electron chi connectivity index (χ4n) is 1.54. The largest absolute Gasteiger partial charge is 0.123 e. The van der Waals surface area contributed by atoms with Crippen LogP contribution in [0.5, 0.6) is 0 Å². The van der Waals surface area contributed by atoms with Crippen LogP contribution in [0, 0.1) is 5.41 Å². The van der Waals surface area contributed by atoms with Crippen LogP contribution in [0.4, 0.5) is 0 Å². The Hall–Kier alpha value is 0.290. The number of alkyl halides is 1. The molecule has 10 heavy (non-hydrogen) atoms. The van der Waals surface area contributed by atoms with E-state index in [4.69, 9.17) is 11.6 Å². The Morgan fingerprint density at radius 3 is 2.20 bits per heavy atom. The van der Waals surface area contributed by atoms with Crippen LogP contribution in [-0.4, -0.2) is 5.38 Å². The molecule has 0 nitrogen and oxygen atoms in total. The molecule has 0 N–H and O–H groups in total. The Kier molecular flexibility index (Phi) is 4.35. The second kappa shape index (κ2) is 4.23. The van der Waals surface area contributed by atoms with Crippen molar-refractivity contribution >= 4 is 11.6 Å². The zero-order valence-electron chi connectivity index (χ0n) is 7.58. The molecule has 1 atom stereocenters. The second-order valence-electron chi connectivity index (χ2n) is 3.90. The van der Waals surface area contributed by atoms with Gasteiger partial charge in [-0.1, -0.05) is 27.2 Å². The van der Waals surface area contributed by atoms with Crippen molar-refractivity contribution < 1.29 is 0 Å². The lowest BCUT2D eigenvalue weighted by molar-refractivity contribution is 0.303. The maximum atomic E-state index is 5.90. The molecule has 1 heteroatoms. The molecule has 0 spiro atoms. The molecule has 0 radical (unpaired) electrons. The average Bonchev–Trinajstić information content (AvgIpc) is 1.59. The van der Waals surface area contributed by atoms with Crippen molar-refractivity contribution in [1.82, 2.24) is 0 Å². The van der Waals surface area contributed by atoms with E-state index in [2.05, 4.69) is 27.7 Å². The summed E-state index contributed by atoms with van der Waals surface area (Å²) in [4.78, 5) is 0. The molecule has 0 aromatic heterocycles. The van der Waals surface area contributed by atoms with Crippen molar-refractivity contribution in [3.63, 3.8) is 0 Å². The van der Waals surface area contributed by atoms with E-state index in [-0.39, 0.29) is 0 Å². The molecule has 1 unspecified atom stereocenters. The molecule has 0 bridgehead atoms. The van der Waals surface area contributed by atoms with E-state index in [1.807, 2.05) is 0 Å². The third kappa shape index (κ3) is 5.10. The van der Waals surface area contributed by atoms with Gasteiger partial charge in [0, 0.05) is 5.38 Å². The highest BCUT2D eigenvalue weighted by atomic mass is 35.5. The third-order valence-corrected chi connectivity index (χ3v) is 1.91. The summed E-state index contributed by atoms with van der Waals surface area (Å²) in [6.45, 7) is 8.87. The Labute approximate surface area is 70.0 Å². The number of halogens is 1. The molecule has 0 aliphatic rings. The summed E-state index contributed by atoms with van der Waals surface area (Å²) in [5.41, 5.74) is 0.440. The van der Waals surface area contributed by atoms with Crippen LogP contribution in [0.2, 0.25) is 0 Å². The fourth-order valence-corrected chi connectivity index (χ4v) is 1.96. The lowest BCUT2D eigenvalue weighted by Crippen LogP contribution is -2.15. The molecule has 62 valence electrons. The van der Waals surface area contributed by atoms with Crippen LogP contribution in [0.3, 0.4) is 0 Å². The first kappa shape index (κ1) is 10.3. The van der Waals surface area contributed by atoms with E-state index in [1.54, 1.807) is 0 Å². The lowest BCUT2D eigenvalue weighted by atomic mass is 9.83. The summed E-state index contributed by atoms with van der Waals surface area (Å²) in [5, 5.41) is 0.321. The van der Waals surface area contributed by atoms with Crippen molar-refractivity contribution in [3.8, 4) is 0 Å². The third-order valence-electron chi connectivity index (χ3n) is 1.76. The van der Waals surface area contributed by atoms with Crippen molar-refractivity contribution in [3.05, 3.63) is 0 Å². The molecule has 0 amide bonds. The first-order chi connectivity index (χ1) is 4.48. The maximum Gasteiger partial charge on any atom is 0.0312 e. The highest BCUT2D eigenvalue weighted by Crippen LogP contribution is 2.29. The standard InChI is InChI=1S/C9H19Cl/c1-5-6-9(3,4)7-8(2)10/h8H,5-7H2,1-4H3. The predicted molar refractivity (Wildman–Crippen MR) is 48.6 cm³/mol. The topological polar surface area (TPSA) is 0 Å². The number of rotatable bonds is 4. The highest BCUT2D eigenvalue weighted by molar-refractivity contribution is 6.20. The van der Waals surface area contributed by atoms with Crippen LogP contribution in [0.25, 0.3) is 0 Å². The summed E-state index contributed by atoms with van der Waals surface area (Å²) < 4.78 is 0. The van der Waals surface area contributed by atoms with E-state index in [1.165, 1.54) is 12.8 Å². The molecule has 0 aromatic carbocycles. The minimum Gasteiger partial charge on any atom is -0.123 e. The molecule has 0 heterocycles. The zero-order chi connectivity index (χ0) is 8.20. The molecular formula is C9H19Cl. The highest BCUT2D eigenvalue weighted by Gasteiger charge is 2.18. The first-order valence-corrected chi connectivity index (χ1v) is 4.55. The van der Waals surface area contributed by atoms with Gasteiger partial charge in [-0.2, -0.15) is 0 Å². The van der Waals surface area contributed by atoms with Gasteiger partial charge in [-0.05, 0) is 25.2 Å². The van der Waals surface area contributed by atoms with Crippen molar-refractivity contribution in [2.45, 2.75) is 52.3 Å². The Morgan fingerprint density at radius 2 is 1.90 bits per heavy atom. The van der Waals surface area contributed by atoms with E-state index < -0.39 is 0 Å². The van der Waals surface area contributed by atoms with Crippen LogP contribution in [-0.2, 0) is 0 Å². The van der Waals surface area contributed by atoms with Gasteiger partial charge in [-0.25, -0.2) is 0 Å². The van der Waals surface area contributed by atoms with Gasteiger partial charge in [0.2, 0.25) is 0 Å². The lowest BCUT2D eigenvalue weighted by Gasteiger charge is -2.24. The van der Waals surface area contributed by atoms with Gasteiger partial charge >= 0.3 is 0 Å². The van der Waals surface area contributed by atoms with Gasteiger partial charge in [0.1, 0.15) is 0 Å². The maximum absolute atomic E-state index is 5.90. The van der Waals surface area contributed by atoms with E-state index in [0.717, 1.165) is 6.42 Å². The molecule has 0 aliphatic heterocycles. The monoisotopic (exact) mass is 162 g/mol. The van der Waals surface area contributed by atoms with Crippen molar-refractivity contribution in [2.75, 3.05) is 0 Å². The minimum atomic E-state index is 0.321. The van der Waals surface area contributed by atoms with Crippen molar-refractivity contribution in [1.29, 1.82) is 0 Å². The molecule has 0 saturated heterocycles. The summed E-state index contributed by atoms with van der Waals surface area (Å²) in [5.74, 6) is 0. The predicted octanol–water partition coefficient (Wildman–Crippen LogP) is 3.83. The molecule has 0 fully saturated rings. The summed E-state index contributed by atoms with van der Waals surface area (Å²) in [6, 6.07) is 0. The zero-order valence-corrected chi connectivity index (χ0v) is 8.33. The quantitative estimate of drug-likeness (QED) is 0.552. The van der Waals surface area contributed by atoms with Crippen molar-refractivity contribution in [2.24, 2.45) is 5.41 Å². The van der Waals surface area contributed by atoms with Gasteiger partial charge in [-0.15, -0.1) is 11.6 Å². The molecule has 0 aromatic rings. The minimum absolute atomic E-state index is 0.321. The number of hydrogen-bond acceptors (Lipinski definition) is 0. The second-order valence-corrected chi connectivity index (χ2v) is 4.64. The first-order valence-electron chi connectivity index (χ1n) is 4.12. The summed E-state index contributed by atoms with van der Waals surface area (Å²) >= 11 is 5.90. The molecule has 0 rings (SSSR count).